The summed E-state index contributed by atoms with van der Waals surface area (Å²) in [6.45, 7) is 2.45. The van der Waals surface area contributed by atoms with Gasteiger partial charge in [-0.1, -0.05) is 0 Å². The molecule has 0 aromatic carbocycles. The highest BCUT2D eigenvalue weighted by Gasteiger charge is 2.46. The van der Waals surface area contributed by atoms with E-state index in [9.17, 15) is 13.2 Å². The molecule has 0 atom stereocenters. The summed E-state index contributed by atoms with van der Waals surface area (Å²) in [4.78, 5) is 1.51. The molecule has 1 spiro atoms. The fraction of sp³-hybridized carbons (Fsp3) is 1.00. The number of alkyl halides is 3. The lowest BCUT2D eigenvalue weighted by atomic mass is 9.72. The van der Waals surface area contributed by atoms with Crippen molar-refractivity contribution in [2.75, 3.05) is 32.7 Å². The normalized spacial score (nSPS) is 24.2. The van der Waals surface area contributed by atoms with Crippen LogP contribution < -0.4 is 5.32 Å². The first-order chi connectivity index (χ1) is 6.49. The van der Waals surface area contributed by atoms with Gasteiger partial charge in [-0.05, 0) is 31.3 Å². The predicted octanol–water partition coefficient (Wildman–Crippen LogP) is 2.08. The molecule has 2 rings (SSSR count). The Morgan fingerprint density at radius 2 is 1.56 bits per heavy atom. The van der Waals surface area contributed by atoms with Crippen molar-refractivity contribution in [1.29, 1.82) is 0 Å². The van der Waals surface area contributed by atoms with Crippen LogP contribution in [-0.4, -0.2) is 43.8 Å². The highest BCUT2D eigenvalue weighted by Crippen LogP contribution is 2.39. The van der Waals surface area contributed by atoms with Gasteiger partial charge < -0.3 is 5.32 Å². The van der Waals surface area contributed by atoms with E-state index in [-0.39, 0.29) is 30.2 Å². The fourth-order valence-corrected chi connectivity index (χ4v) is 2.54. The van der Waals surface area contributed by atoms with Crippen LogP contribution in [-0.2, 0) is 0 Å². The Balaban J connectivity index is 0.00000112. The molecule has 7 heteroatoms. The van der Waals surface area contributed by atoms with Crippen LogP contribution >= 0.6 is 24.8 Å². The van der Waals surface area contributed by atoms with Gasteiger partial charge >= 0.3 is 6.18 Å². The number of hydrogen-bond donors (Lipinski definition) is 1. The summed E-state index contributed by atoms with van der Waals surface area (Å²) in [5, 5.41) is 3.23. The maximum atomic E-state index is 12.0. The van der Waals surface area contributed by atoms with E-state index in [2.05, 4.69) is 5.32 Å². The quantitative estimate of drug-likeness (QED) is 0.791. The van der Waals surface area contributed by atoms with Gasteiger partial charge in [0.25, 0.3) is 0 Å². The SMILES string of the molecule is Cl.Cl.FC(F)(F)CN1CC2(CCNCC2)C1. The molecule has 0 aromatic heterocycles. The van der Waals surface area contributed by atoms with Crippen LogP contribution in [0.25, 0.3) is 0 Å². The van der Waals surface area contributed by atoms with Crippen molar-refractivity contribution in [2.24, 2.45) is 5.41 Å². The second-order valence-corrected chi connectivity index (χ2v) is 4.51. The standard InChI is InChI=1S/C9H15F3N2.2ClH/c10-9(11,12)7-14-5-8(6-14)1-3-13-4-2-8;;/h13H,1-7H2;2*1H. The van der Waals surface area contributed by atoms with Crippen molar-refractivity contribution in [3.8, 4) is 0 Å². The van der Waals surface area contributed by atoms with Crippen LogP contribution in [0.3, 0.4) is 0 Å². The number of halogens is 5. The molecular formula is C9H17Cl2F3N2. The highest BCUT2D eigenvalue weighted by atomic mass is 35.5. The zero-order valence-electron chi connectivity index (χ0n) is 8.85. The number of nitrogens with one attached hydrogen (secondary N) is 1. The second-order valence-electron chi connectivity index (χ2n) is 4.51. The van der Waals surface area contributed by atoms with Gasteiger partial charge in [0.2, 0.25) is 0 Å². The minimum absolute atomic E-state index is 0. The van der Waals surface area contributed by atoms with Crippen molar-refractivity contribution in [3.05, 3.63) is 0 Å². The minimum Gasteiger partial charge on any atom is -0.317 e. The van der Waals surface area contributed by atoms with Crippen molar-refractivity contribution in [3.63, 3.8) is 0 Å². The van der Waals surface area contributed by atoms with Crippen molar-refractivity contribution in [1.82, 2.24) is 10.2 Å². The molecule has 2 saturated heterocycles. The van der Waals surface area contributed by atoms with E-state index in [1.807, 2.05) is 0 Å². The lowest BCUT2D eigenvalue weighted by Crippen LogP contribution is -2.61. The molecule has 2 heterocycles. The fourth-order valence-electron chi connectivity index (χ4n) is 2.54. The zero-order chi connectivity index (χ0) is 10.2. The Bertz CT molecular complexity index is 209. The highest BCUT2D eigenvalue weighted by molar-refractivity contribution is 5.85. The van der Waals surface area contributed by atoms with Crippen LogP contribution in [0.5, 0.6) is 0 Å². The molecule has 0 saturated carbocycles. The molecule has 0 aromatic rings. The number of likely N-dealkylation sites (tertiary alicyclic amines) is 1. The van der Waals surface area contributed by atoms with Crippen molar-refractivity contribution in [2.45, 2.75) is 19.0 Å². The minimum atomic E-state index is -4.03. The van der Waals surface area contributed by atoms with E-state index < -0.39 is 12.7 Å². The molecule has 98 valence electrons. The van der Waals surface area contributed by atoms with E-state index >= 15 is 0 Å². The van der Waals surface area contributed by atoms with Crippen molar-refractivity contribution < 1.29 is 13.2 Å². The molecule has 0 bridgehead atoms. The lowest BCUT2D eigenvalue weighted by Gasteiger charge is -2.52. The number of piperidine rings is 1. The first-order valence-electron chi connectivity index (χ1n) is 4.99. The molecule has 2 aliphatic heterocycles. The molecule has 0 aliphatic carbocycles. The van der Waals surface area contributed by atoms with E-state index in [0.717, 1.165) is 25.9 Å². The van der Waals surface area contributed by atoms with Crippen LogP contribution in [0, 0.1) is 5.41 Å². The summed E-state index contributed by atoms with van der Waals surface area (Å²) in [6, 6.07) is 0. The average molecular weight is 281 g/mol. The molecule has 0 amide bonds. The van der Waals surface area contributed by atoms with E-state index in [1.54, 1.807) is 0 Å². The Hall–Kier alpha value is 0.290. The molecule has 2 aliphatic rings. The Labute approximate surface area is 106 Å². The summed E-state index contributed by atoms with van der Waals surface area (Å²) in [5.41, 5.74) is 0.205. The Morgan fingerprint density at radius 1 is 1.06 bits per heavy atom. The predicted molar refractivity (Wildman–Crippen MR) is 61.5 cm³/mol. The third kappa shape index (κ3) is 3.95. The summed E-state index contributed by atoms with van der Waals surface area (Å²) >= 11 is 0. The van der Waals surface area contributed by atoms with Crippen molar-refractivity contribution >= 4 is 24.8 Å². The summed E-state index contributed by atoms with van der Waals surface area (Å²) in [5.74, 6) is 0. The first kappa shape index (κ1) is 16.3. The first-order valence-corrected chi connectivity index (χ1v) is 4.99. The van der Waals surface area contributed by atoms with Crippen LogP contribution in [0.4, 0.5) is 13.2 Å². The average Bonchev–Trinajstić information content (AvgIpc) is 2.00. The van der Waals surface area contributed by atoms with Gasteiger partial charge in [0.1, 0.15) is 0 Å². The maximum Gasteiger partial charge on any atom is 0.401 e. The number of rotatable bonds is 1. The monoisotopic (exact) mass is 280 g/mol. The molecule has 0 radical (unpaired) electrons. The van der Waals surface area contributed by atoms with Crippen LogP contribution in [0.15, 0.2) is 0 Å². The van der Waals surface area contributed by atoms with Crippen LogP contribution in [0.1, 0.15) is 12.8 Å². The van der Waals surface area contributed by atoms with E-state index in [0.29, 0.717) is 13.1 Å². The largest absolute Gasteiger partial charge is 0.401 e. The molecule has 0 unspecified atom stereocenters. The Kier molecular flexibility index (Phi) is 5.86. The third-order valence-electron chi connectivity index (χ3n) is 3.19. The van der Waals surface area contributed by atoms with Gasteiger partial charge in [-0.15, -0.1) is 24.8 Å². The van der Waals surface area contributed by atoms with Gasteiger partial charge in [-0.3, -0.25) is 4.90 Å². The molecule has 16 heavy (non-hydrogen) atoms. The van der Waals surface area contributed by atoms with E-state index in [4.69, 9.17) is 0 Å². The molecule has 1 N–H and O–H groups in total. The lowest BCUT2D eigenvalue weighted by molar-refractivity contribution is -0.172. The maximum absolute atomic E-state index is 12.0. The summed E-state index contributed by atoms with van der Waals surface area (Å²) in [7, 11) is 0. The van der Waals surface area contributed by atoms with Gasteiger partial charge in [0.15, 0.2) is 0 Å². The van der Waals surface area contributed by atoms with Gasteiger partial charge in [-0.2, -0.15) is 13.2 Å². The topological polar surface area (TPSA) is 15.3 Å². The Morgan fingerprint density at radius 3 is 2.00 bits per heavy atom. The molecular weight excluding hydrogens is 264 g/mol. The van der Waals surface area contributed by atoms with Gasteiger partial charge in [-0.25, -0.2) is 0 Å². The molecule has 2 fully saturated rings. The smallest absolute Gasteiger partial charge is 0.317 e. The molecule has 2 nitrogen and oxygen atoms in total. The number of nitrogens with zero attached hydrogens (tertiary/aromatic N) is 1. The summed E-state index contributed by atoms with van der Waals surface area (Å²) < 4.78 is 36.1. The summed E-state index contributed by atoms with van der Waals surface area (Å²) in [6.07, 6.45) is -1.97. The van der Waals surface area contributed by atoms with Gasteiger partial charge in [0.05, 0.1) is 6.54 Å². The van der Waals surface area contributed by atoms with E-state index in [1.165, 1.54) is 4.90 Å². The second kappa shape index (κ2) is 5.76. The third-order valence-corrected chi connectivity index (χ3v) is 3.19. The van der Waals surface area contributed by atoms with Crippen LogP contribution in [0.2, 0.25) is 0 Å². The number of hydrogen-bond acceptors (Lipinski definition) is 2. The zero-order valence-corrected chi connectivity index (χ0v) is 10.5. The van der Waals surface area contributed by atoms with Gasteiger partial charge in [0, 0.05) is 13.1 Å².